The van der Waals surface area contributed by atoms with Crippen molar-refractivity contribution in [1.29, 1.82) is 0 Å². The van der Waals surface area contributed by atoms with Gasteiger partial charge in [-0.25, -0.2) is 0 Å². The quantitative estimate of drug-likeness (QED) is 0.175. The minimum absolute atomic E-state index is 0.0508. The standard InChI is InChI=1S/C66H60BN2S/c1-62(2,3)36-24-26-37(27-25-36)68-51-35-55-42(39-19-14-17-23-54(39)70-55)30-43(51)58-59-56(40-20-13-16-22-46(40)66(59,10)11)57-44-31-48-49(64(6,7)29-28-63(48,4)5)34-52(44)69-53-32-41-38-18-12-15-21-45(38)65(8,9)47(41)33-50(53)67-60(58)61(57)69/h12-27,30-35,68H,28-29H2,1-11H3. The topological polar surface area (TPSA) is 17.0 Å². The second kappa shape index (κ2) is 13.7. The van der Waals surface area contributed by atoms with Crippen molar-refractivity contribution >= 4 is 82.9 Å². The molecule has 0 atom stereocenters. The molecule has 2 aromatic heterocycles. The molecule has 0 saturated carbocycles. The maximum absolute atomic E-state index is 4.10. The fraction of sp³-hybridized carbons (Fsp3) is 0.273. The summed E-state index contributed by atoms with van der Waals surface area (Å²) in [5, 5.41) is 9.49. The highest BCUT2D eigenvalue weighted by Gasteiger charge is 2.45. The molecule has 0 saturated heterocycles. The number of nitrogens with one attached hydrogen (secondary N) is 1. The van der Waals surface area contributed by atoms with Crippen LogP contribution in [0.25, 0.3) is 81.0 Å². The van der Waals surface area contributed by atoms with Crippen molar-refractivity contribution in [3.63, 3.8) is 0 Å². The maximum Gasteiger partial charge on any atom is 0.197 e. The molecule has 0 unspecified atom stereocenters. The summed E-state index contributed by atoms with van der Waals surface area (Å²) < 4.78 is 5.35. The number of aromatic nitrogens is 1. The highest BCUT2D eigenvalue weighted by atomic mass is 32.1. The van der Waals surface area contributed by atoms with Gasteiger partial charge in [0.25, 0.3) is 0 Å². The molecule has 1 N–H and O–H groups in total. The Bertz CT molecular complexity index is 3970. The highest BCUT2D eigenvalue weighted by Crippen LogP contribution is 2.59. The Balaban J connectivity index is 1.17. The molecule has 3 aliphatic carbocycles. The predicted octanol–water partition coefficient (Wildman–Crippen LogP) is 16.8. The van der Waals surface area contributed by atoms with Crippen LogP contribution in [-0.2, 0) is 27.1 Å². The van der Waals surface area contributed by atoms with E-state index in [0.717, 1.165) is 11.4 Å². The molecule has 343 valence electrons. The molecule has 0 amide bonds. The van der Waals surface area contributed by atoms with Gasteiger partial charge in [0.15, 0.2) is 7.28 Å². The SMILES string of the molecule is CC(C)(C)c1ccc(Nc2cc3sc4ccccc4c3cc2-c2c3c(c4c5cc6c(cc5n5c4c2[B]c2cc4c(cc2-5)-c2ccccc2C4(C)C)C(C)(C)CCC6(C)C)-c2ccccc2C3(C)C)cc1. The molecule has 14 rings (SSSR count). The van der Waals surface area contributed by atoms with Crippen LogP contribution in [-0.4, -0.2) is 11.8 Å². The lowest BCUT2D eigenvalue weighted by atomic mass is 9.56. The van der Waals surface area contributed by atoms with E-state index in [1.807, 2.05) is 11.3 Å². The van der Waals surface area contributed by atoms with E-state index >= 15 is 0 Å². The van der Waals surface area contributed by atoms with Gasteiger partial charge in [0, 0.05) is 69.9 Å². The van der Waals surface area contributed by atoms with Gasteiger partial charge in [0.2, 0.25) is 0 Å². The zero-order valence-corrected chi connectivity index (χ0v) is 43.4. The molecule has 8 aromatic carbocycles. The highest BCUT2D eigenvalue weighted by molar-refractivity contribution is 7.25. The van der Waals surface area contributed by atoms with Crippen molar-refractivity contribution in [3.05, 3.63) is 172 Å². The number of nitrogens with zero attached hydrogens (tertiary/aromatic N) is 1. The lowest BCUT2D eigenvalue weighted by Crippen LogP contribution is -2.39. The van der Waals surface area contributed by atoms with Crippen LogP contribution in [0.5, 0.6) is 0 Å². The summed E-state index contributed by atoms with van der Waals surface area (Å²) in [6.07, 6.45) is 2.34. The summed E-state index contributed by atoms with van der Waals surface area (Å²) >= 11 is 1.90. The molecule has 1 radical (unpaired) electrons. The molecule has 0 spiro atoms. The minimum Gasteiger partial charge on any atom is -0.355 e. The molecule has 70 heavy (non-hydrogen) atoms. The molecular weight excluding hydrogens is 864 g/mol. The monoisotopic (exact) mass is 923 g/mol. The van der Waals surface area contributed by atoms with Crippen LogP contribution in [0, 0.1) is 0 Å². The van der Waals surface area contributed by atoms with Gasteiger partial charge in [-0.3, -0.25) is 0 Å². The van der Waals surface area contributed by atoms with E-state index in [2.05, 4.69) is 227 Å². The number of thiophene rings is 1. The van der Waals surface area contributed by atoms with Crippen LogP contribution >= 0.6 is 11.3 Å². The second-order valence-electron chi connectivity index (χ2n) is 24.7. The molecule has 2 nitrogen and oxygen atoms in total. The van der Waals surface area contributed by atoms with Gasteiger partial charge >= 0.3 is 0 Å². The molecular formula is C66H60BN2S. The van der Waals surface area contributed by atoms with Crippen molar-refractivity contribution in [2.24, 2.45) is 0 Å². The second-order valence-corrected chi connectivity index (χ2v) is 25.8. The van der Waals surface area contributed by atoms with Gasteiger partial charge in [-0.1, -0.05) is 167 Å². The maximum atomic E-state index is 4.10. The third-order valence-electron chi connectivity index (χ3n) is 17.8. The van der Waals surface area contributed by atoms with Crippen LogP contribution in [0.15, 0.2) is 133 Å². The molecule has 4 aliphatic rings. The first-order valence-electron chi connectivity index (χ1n) is 25.6. The van der Waals surface area contributed by atoms with Crippen LogP contribution in [0.3, 0.4) is 0 Å². The van der Waals surface area contributed by atoms with E-state index < -0.39 is 0 Å². The zero-order valence-electron chi connectivity index (χ0n) is 42.5. The van der Waals surface area contributed by atoms with E-state index in [-0.39, 0.29) is 27.1 Å². The summed E-state index contributed by atoms with van der Waals surface area (Å²) in [6.45, 7) is 26.6. The summed E-state index contributed by atoms with van der Waals surface area (Å²) in [6, 6.07) is 52.1. The van der Waals surface area contributed by atoms with E-state index in [1.165, 1.54) is 144 Å². The van der Waals surface area contributed by atoms with Crippen LogP contribution < -0.4 is 16.2 Å². The summed E-state index contributed by atoms with van der Waals surface area (Å²) in [5.74, 6) is 0. The Labute approximate surface area is 418 Å². The Morgan fingerprint density at radius 1 is 0.543 bits per heavy atom. The predicted molar refractivity (Wildman–Crippen MR) is 303 cm³/mol. The third kappa shape index (κ3) is 5.58. The van der Waals surface area contributed by atoms with Gasteiger partial charge in [0.1, 0.15) is 0 Å². The van der Waals surface area contributed by atoms with Crippen LogP contribution in [0.1, 0.15) is 128 Å². The van der Waals surface area contributed by atoms with Gasteiger partial charge in [-0.2, -0.15) is 0 Å². The van der Waals surface area contributed by atoms with Crippen LogP contribution in [0.4, 0.5) is 11.4 Å². The van der Waals surface area contributed by atoms with Gasteiger partial charge in [-0.05, 0) is 150 Å². The van der Waals surface area contributed by atoms with Gasteiger partial charge in [-0.15, -0.1) is 11.3 Å². The van der Waals surface area contributed by atoms with Crippen LogP contribution in [0.2, 0.25) is 0 Å². The van der Waals surface area contributed by atoms with E-state index in [4.69, 9.17) is 0 Å². The zero-order chi connectivity index (χ0) is 48.2. The van der Waals surface area contributed by atoms with Crippen molar-refractivity contribution in [1.82, 2.24) is 4.57 Å². The number of hydrogen-bond acceptors (Lipinski definition) is 2. The van der Waals surface area contributed by atoms with E-state index in [9.17, 15) is 0 Å². The molecule has 10 aromatic rings. The molecule has 3 heterocycles. The molecule has 0 fully saturated rings. The summed E-state index contributed by atoms with van der Waals surface area (Å²) in [4.78, 5) is 0. The number of benzene rings is 8. The average molecular weight is 924 g/mol. The Morgan fingerprint density at radius 3 is 1.93 bits per heavy atom. The first-order chi connectivity index (χ1) is 33.3. The number of anilines is 2. The van der Waals surface area contributed by atoms with Crippen molar-refractivity contribution < 1.29 is 0 Å². The van der Waals surface area contributed by atoms with E-state index in [1.54, 1.807) is 0 Å². The largest absolute Gasteiger partial charge is 0.355 e. The fourth-order valence-electron chi connectivity index (χ4n) is 13.8. The molecule has 4 heteroatoms. The third-order valence-corrected chi connectivity index (χ3v) is 18.9. The van der Waals surface area contributed by atoms with Gasteiger partial charge < -0.3 is 9.88 Å². The lowest BCUT2D eigenvalue weighted by molar-refractivity contribution is 0.332. The Kier molecular flexibility index (Phi) is 8.34. The average Bonchev–Trinajstić information content (AvgIpc) is 4.00. The molecule has 0 bridgehead atoms. The lowest BCUT2D eigenvalue weighted by Gasteiger charge is -2.42. The number of rotatable bonds is 3. The first kappa shape index (κ1) is 42.5. The Morgan fingerprint density at radius 2 is 1.20 bits per heavy atom. The van der Waals surface area contributed by atoms with E-state index in [0.29, 0.717) is 0 Å². The first-order valence-corrected chi connectivity index (χ1v) is 26.4. The number of hydrogen-bond donors (Lipinski definition) is 1. The number of fused-ring (bicyclic) bond motifs is 16. The minimum atomic E-state index is -0.303. The summed E-state index contributed by atoms with van der Waals surface area (Å²) in [5.41, 5.74) is 26.5. The fourth-order valence-corrected chi connectivity index (χ4v) is 14.9. The van der Waals surface area contributed by atoms with Crippen molar-refractivity contribution in [2.75, 3.05) is 5.32 Å². The van der Waals surface area contributed by atoms with Crippen molar-refractivity contribution in [3.8, 4) is 39.1 Å². The van der Waals surface area contributed by atoms with Gasteiger partial charge in [0.05, 0.1) is 5.52 Å². The summed E-state index contributed by atoms with van der Waals surface area (Å²) in [7, 11) is 2.61. The molecule has 1 aliphatic heterocycles. The Hall–Kier alpha value is -6.36. The van der Waals surface area contributed by atoms with Crippen molar-refractivity contribution in [2.45, 2.75) is 116 Å². The smallest absolute Gasteiger partial charge is 0.197 e. The normalized spacial score (nSPS) is 17.2.